The first-order valence-corrected chi connectivity index (χ1v) is 11.3. The quantitative estimate of drug-likeness (QED) is 0.213. The van der Waals surface area contributed by atoms with Crippen molar-refractivity contribution in [3.63, 3.8) is 0 Å². The lowest BCUT2D eigenvalue weighted by molar-refractivity contribution is -0.130. The van der Waals surface area contributed by atoms with Crippen LogP contribution in [-0.2, 0) is 4.79 Å². The van der Waals surface area contributed by atoms with E-state index < -0.39 is 18.0 Å². The molecule has 1 N–H and O–H groups in total. The van der Waals surface area contributed by atoms with Gasteiger partial charge in [0, 0.05) is 4.47 Å². The van der Waals surface area contributed by atoms with Crippen molar-refractivity contribution in [3.05, 3.63) is 82.3 Å². The number of carbonyl (C=O) groups is 2. The number of rotatable bonds is 7. The Balaban J connectivity index is 1.39. The Labute approximate surface area is 204 Å². The van der Waals surface area contributed by atoms with Crippen LogP contribution in [0.2, 0.25) is 0 Å². The van der Waals surface area contributed by atoms with Gasteiger partial charge in [-0.25, -0.2) is 10.2 Å². The third-order valence-corrected chi connectivity index (χ3v) is 5.27. The van der Waals surface area contributed by atoms with Gasteiger partial charge in [-0.15, -0.1) is 0 Å². The number of esters is 1. The molecule has 4 rings (SSSR count). The highest BCUT2D eigenvalue weighted by Crippen LogP contribution is 2.31. The van der Waals surface area contributed by atoms with Gasteiger partial charge in [0.1, 0.15) is 6.61 Å². The molecule has 0 saturated carbocycles. The van der Waals surface area contributed by atoms with Crippen molar-refractivity contribution in [2.75, 3.05) is 13.2 Å². The highest BCUT2D eigenvalue weighted by molar-refractivity contribution is 9.10. The first-order chi connectivity index (χ1) is 16.5. The number of hydrogen-bond acceptors (Lipinski definition) is 7. The lowest BCUT2D eigenvalue weighted by Crippen LogP contribution is -2.42. The number of nitrogens with one attached hydrogen (secondary N) is 1. The molecule has 0 radical (unpaired) electrons. The number of fused-ring (bicyclic) bond motifs is 1. The van der Waals surface area contributed by atoms with E-state index in [1.165, 1.54) is 6.21 Å². The third-order valence-electron chi connectivity index (χ3n) is 4.74. The zero-order valence-corrected chi connectivity index (χ0v) is 19.8. The van der Waals surface area contributed by atoms with E-state index >= 15 is 0 Å². The molecule has 1 aliphatic heterocycles. The summed E-state index contributed by atoms with van der Waals surface area (Å²) in [6.07, 6.45) is 0.643. The molecule has 174 valence electrons. The molecule has 3 aromatic rings. The minimum Gasteiger partial charge on any atom is -0.490 e. The van der Waals surface area contributed by atoms with Crippen LogP contribution in [0.15, 0.2) is 76.3 Å². The Morgan fingerprint density at radius 2 is 1.85 bits per heavy atom. The maximum absolute atomic E-state index is 12.5. The first kappa shape index (κ1) is 23.3. The average molecular weight is 525 g/mol. The minimum absolute atomic E-state index is 0.0886. The van der Waals surface area contributed by atoms with Crippen LogP contribution in [0.1, 0.15) is 22.8 Å². The van der Waals surface area contributed by atoms with Crippen molar-refractivity contribution in [2.24, 2.45) is 5.10 Å². The van der Waals surface area contributed by atoms with Gasteiger partial charge in [0.2, 0.25) is 6.10 Å². The molecular weight excluding hydrogens is 504 g/mol. The molecule has 0 aliphatic carbocycles. The first-order valence-electron chi connectivity index (χ1n) is 10.5. The van der Waals surface area contributed by atoms with Crippen LogP contribution in [0.3, 0.4) is 0 Å². The number of benzene rings is 3. The van der Waals surface area contributed by atoms with Crippen LogP contribution in [0.5, 0.6) is 23.0 Å². The zero-order chi connectivity index (χ0) is 23.9. The summed E-state index contributed by atoms with van der Waals surface area (Å²) in [7, 11) is 0. The summed E-state index contributed by atoms with van der Waals surface area (Å²) in [6, 6.07) is 19.0. The summed E-state index contributed by atoms with van der Waals surface area (Å²) >= 11 is 3.34. The molecule has 9 heteroatoms. The second-order valence-corrected chi connectivity index (χ2v) is 8.05. The summed E-state index contributed by atoms with van der Waals surface area (Å²) in [6.45, 7) is 2.29. The van der Waals surface area contributed by atoms with E-state index in [1.54, 1.807) is 60.7 Å². The summed E-state index contributed by atoms with van der Waals surface area (Å²) in [5, 5.41) is 3.99. The highest BCUT2D eigenvalue weighted by atomic mass is 79.9. The lowest BCUT2D eigenvalue weighted by atomic mass is 10.2. The van der Waals surface area contributed by atoms with E-state index in [1.807, 2.05) is 13.0 Å². The Kier molecular flexibility index (Phi) is 7.44. The molecule has 1 atom stereocenters. The average Bonchev–Trinajstić information content (AvgIpc) is 2.85. The number of carbonyl (C=O) groups excluding carboxylic acids is 2. The van der Waals surface area contributed by atoms with E-state index in [9.17, 15) is 9.59 Å². The van der Waals surface area contributed by atoms with Crippen molar-refractivity contribution < 1.29 is 28.5 Å². The molecule has 1 aliphatic rings. The van der Waals surface area contributed by atoms with Gasteiger partial charge >= 0.3 is 5.97 Å². The van der Waals surface area contributed by atoms with Gasteiger partial charge in [-0.05, 0) is 67.1 Å². The molecule has 0 fully saturated rings. The van der Waals surface area contributed by atoms with E-state index in [0.29, 0.717) is 35.0 Å². The van der Waals surface area contributed by atoms with Gasteiger partial charge in [0.15, 0.2) is 23.0 Å². The smallest absolute Gasteiger partial charge is 0.343 e. The number of para-hydroxylation sites is 2. The standard InChI is InChI=1S/C25H21BrN2O6/c1-2-31-22-13-16(7-12-21(22)34-25(30)17-8-10-18(26)11-9-17)14-27-28-24(29)23-15-32-19-5-3-4-6-20(19)33-23/h3-14,23H,2,15H2,1H3,(H,28,29)/b27-14+. The third kappa shape index (κ3) is 5.74. The maximum Gasteiger partial charge on any atom is 0.343 e. The SMILES string of the molecule is CCOc1cc(/C=N/NC(=O)C2COc3ccccc3O2)ccc1OC(=O)c1ccc(Br)cc1. The molecule has 0 aromatic heterocycles. The maximum atomic E-state index is 12.5. The molecule has 1 heterocycles. The number of ether oxygens (including phenoxy) is 4. The van der Waals surface area contributed by atoms with E-state index in [2.05, 4.69) is 26.5 Å². The summed E-state index contributed by atoms with van der Waals surface area (Å²) in [5.41, 5.74) is 3.50. The van der Waals surface area contributed by atoms with Gasteiger partial charge in [0.05, 0.1) is 18.4 Å². The van der Waals surface area contributed by atoms with Crippen molar-refractivity contribution >= 4 is 34.0 Å². The topological polar surface area (TPSA) is 95.5 Å². The molecule has 0 bridgehead atoms. The number of amides is 1. The van der Waals surface area contributed by atoms with Crippen molar-refractivity contribution in [2.45, 2.75) is 13.0 Å². The van der Waals surface area contributed by atoms with E-state index in [0.717, 1.165) is 4.47 Å². The largest absolute Gasteiger partial charge is 0.490 e. The Morgan fingerprint density at radius 1 is 1.09 bits per heavy atom. The fraction of sp³-hybridized carbons (Fsp3) is 0.160. The predicted octanol–water partition coefficient (Wildman–Crippen LogP) is 4.36. The number of hydrazone groups is 1. The second kappa shape index (κ2) is 10.8. The van der Waals surface area contributed by atoms with Crippen LogP contribution >= 0.6 is 15.9 Å². The molecule has 0 spiro atoms. The van der Waals surface area contributed by atoms with Crippen molar-refractivity contribution in [3.8, 4) is 23.0 Å². The Bertz CT molecular complexity index is 1210. The Hall–Kier alpha value is -3.85. The molecule has 34 heavy (non-hydrogen) atoms. The van der Waals surface area contributed by atoms with Crippen LogP contribution in [-0.4, -0.2) is 37.4 Å². The number of halogens is 1. The van der Waals surface area contributed by atoms with E-state index in [4.69, 9.17) is 18.9 Å². The van der Waals surface area contributed by atoms with Crippen LogP contribution < -0.4 is 24.4 Å². The molecule has 1 unspecified atom stereocenters. The van der Waals surface area contributed by atoms with Gasteiger partial charge < -0.3 is 18.9 Å². The fourth-order valence-corrected chi connectivity index (χ4v) is 3.36. The van der Waals surface area contributed by atoms with Gasteiger partial charge in [-0.1, -0.05) is 28.1 Å². The molecule has 1 amide bonds. The van der Waals surface area contributed by atoms with Crippen molar-refractivity contribution in [1.29, 1.82) is 0 Å². The second-order valence-electron chi connectivity index (χ2n) is 7.13. The lowest BCUT2D eigenvalue weighted by Gasteiger charge is -2.24. The highest BCUT2D eigenvalue weighted by Gasteiger charge is 2.27. The van der Waals surface area contributed by atoms with Crippen LogP contribution in [0.4, 0.5) is 0 Å². The minimum atomic E-state index is -0.813. The van der Waals surface area contributed by atoms with Crippen LogP contribution in [0.25, 0.3) is 0 Å². The molecule has 0 saturated heterocycles. The van der Waals surface area contributed by atoms with Gasteiger partial charge in [-0.2, -0.15) is 5.10 Å². The number of hydrogen-bond donors (Lipinski definition) is 1. The summed E-state index contributed by atoms with van der Waals surface area (Å²) in [5.74, 6) is 0.826. The van der Waals surface area contributed by atoms with Crippen LogP contribution in [0, 0.1) is 0 Å². The monoisotopic (exact) mass is 524 g/mol. The summed E-state index contributed by atoms with van der Waals surface area (Å²) in [4.78, 5) is 24.8. The molecular formula is C25H21BrN2O6. The molecule has 3 aromatic carbocycles. The van der Waals surface area contributed by atoms with Gasteiger partial charge in [-0.3, -0.25) is 4.79 Å². The predicted molar refractivity (Wildman–Crippen MR) is 129 cm³/mol. The zero-order valence-electron chi connectivity index (χ0n) is 18.2. The van der Waals surface area contributed by atoms with Crippen molar-refractivity contribution in [1.82, 2.24) is 5.43 Å². The normalized spacial score (nSPS) is 14.5. The Morgan fingerprint density at radius 3 is 2.62 bits per heavy atom. The number of nitrogens with zero attached hydrogens (tertiary/aromatic N) is 1. The van der Waals surface area contributed by atoms with E-state index in [-0.39, 0.29) is 12.4 Å². The molecule has 8 nitrogen and oxygen atoms in total. The summed E-state index contributed by atoms with van der Waals surface area (Å²) < 4.78 is 23.2. The van der Waals surface area contributed by atoms with Gasteiger partial charge in [0.25, 0.3) is 5.91 Å². The fourth-order valence-electron chi connectivity index (χ4n) is 3.09.